The summed E-state index contributed by atoms with van der Waals surface area (Å²) < 4.78 is 28.8. The molecule has 1 rings (SSSR count). The zero-order chi connectivity index (χ0) is 11.6. The Morgan fingerprint density at radius 1 is 1.60 bits per heavy atom. The Morgan fingerprint density at radius 2 is 2.20 bits per heavy atom. The Hall–Kier alpha value is -1.99. The van der Waals surface area contributed by atoms with Crippen LogP contribution in [0.1, 0.15) is 12.1 Å². The van der Waals surface area contributed by atoms with Gasteiger partial charge in [0.25, 0.3) is 17.7 Å². The van der Waals surface area contributed by atoms with Crippen molar-refractivity contribution in [2.75, 3.05) is 7.11 Å². The van der Waals surface area contributed by atoms with Gasteiger partial charge in [-0.05, 0) is 0 Å². The summed E-state index contributed by atoms with van der Waals surface area (Å²) in [5.41, 5.74) is -2.73. The fraction of sp³-hybridized carbons (Fsp3) is 0.286. The van der Waals surface area contributed by atoms with E-state index in [0.29, 0.717) is 6.07 Å². The molecule has 1 N–H and O–H groups in total. The first-order valence-corrected chi connectivity index (χ1v) is 3.71. The maximum absolute atomic E-state index is 12.2. The smallest absolute Gasteiger partial charge is 0.375 e. The number of hydrogen-bond donors (Lipinski definition) is 1. The van der Waals surface area contributed by atoms with Crippen LogP contribution in [0.3, 0.4) is 0 Å². The fourth-order valence-corrected chi connectivity index (χ4v) is 0.986. The minimum atomic E-state index is -2.92. The second-order valence-corrected chi connectivity index (χ2v) is 2.53. The number of aromatic nitrogens is 1. The van der Waals surface area contributed by atoms with Crippen LogP contribution in [0.5, 0.6) is 5.88 Å². The molecule has 0 bridgehead atoms. The largest absolute Gasteiger partial charge is 0.477 e. The van der Waals surface area contributed by atoms with Gasteiger partial charge < -0.3 is 9.72 Å². The highest BCUT2D eigenvalue weighted by atomic mass is 19.3. The van der Waals surface area contributed by atoms with Crippen LogP contribution in [0.2, 0.25) is 0 Å². The van der Waals surface area contributed by atoms with Crippen molar-refractivity contribution in [3.8, 4) is 5.88 Å². The third-order valence-electron chi connectivity index (χ3n) is 1.61. The van der Waals surface area contributed by atoms with Crippen molar-refractivity contribution in [3.63, 3.8) is 0 Å². The minimum Gasteiger partial charge on any atom is -0.477 e. The van der Waals surface area contributed by atoms with Gasteiger partial charge in [0, 0.05) is 6.07 Å². The summed E-state index contributed by atoms with van der Waals surface area (Å²) in [5, 5.41) is 10.4. The molecule has 0 atom stereocenters. The molecule has 8 heteroatoms. The lowest BCUT2D eigenvalue weighted by Gasteiger charge is -2.04. The lowest BCUT2D eigenvalue weighted by Crippen LogP contribution is -2.12. The summed E-state index contributed by atoms with van der Waals surface area (Å²) in [6.07, 6.45) is -2.92. The van der Waals surface area contributed by atoms with Crippen molar-refractivity contribution in [1.29, 1.82) is 0 Å². The number of rotatable bonds is 3. The number of hydrogen-bond acceptors (Lipinski definition) is 4. The predicted molar refractivity (Wildman–Crippen MR) is 45.2 cm³/mol. The Labute approximate surface area is 81.6 Å². The average Bonchev–Trinajstić information content (AvgIpc) is 2.15. The van der Waals surface area contributed by atoms with Crippen molar-refractivity contribution in [3.05, 3.63) is 32.1 Å². The monoisotopic (exact) mass is 220 g/mol. The number of nitrogens with zero attached hydrogens (tertiary/aromatic N) is 1. The van der Waals surface area contributed by atoms with Crippen molar-refractivity contribution in [1.82, 2.24) is 4.98 Å². The molecule has 0 saturated heterocycles. The summed E-state index contributed by atoms with van der Waals surface area (Å²) in [6.45, 7) is 0. The van der Waals surface area contributed by atoms with E-state index in [2.05, 4.69) is 4.74 Å². The van der Waals surface area contributed by atoms with Gasteiger partial charge in [-0.3, -0.25) is 14.9 Å². The number of ether oxygens (including phenoxy) is 1. The Kier molecular flexibility index (Phi) is 2.98. The molecule has 0 amide bonds. The van der Waals surface area contributed by atoms with E-state index in [1.54, 1.807) is 0 Å². The van der Waals surface area contributed by atoms with Crippen LogP contribution in [0.15, 0.2) is 10.9 Å². The standard InChI is InChI=1S/C7H6F2N2O4/c1-15-7-5(11(13)14)4(12)2-3(10-7)6(8)9/h2,6H,1H3,(H,10,12). The molecular weight excluding hydrogens is 214 g/mol. The van der Waals surface area contributed by atoms with E-state index in [-0.39, 0.29) is 0 Å². The third-order valence-corrected chi connectivity index (χ3v) is 1.61. The van der Waals surface area contributed by atoms with Gasteiger partial charge in [-0.25, -0.2) is 8.78 Å². The number of alkyl halides is 2. The number of pyridine rings is 1. The second kappa shape index (κ2) is 4.03. The highest BCUT2D eigenvalue weighted by Crippen LogP contribution is 2.23. The molecule has 0 aliphatic carbocycles. The average molecular weight is 220 g/mol. The topological polar surface area (TPSA) is 85.2 Å². The zero-order valence-corrected chi connectivity index (χ0v) is 7.49. The Bertz CT molecular complexity index is 443. The normalized spacial score (nSPS) is 10.4. The SMILES string of the molecule is COc1[nH]c(C(F)F)cc(=O)c1[N+](=O)[O-]. The van der Waals surface area contributed by atoms with E-state index in [4.69, 9.17) is 0 Å². The van der Waals surface area contributed by atoms with Crippen LogP contribution in [-0.4, -0.2) is 17.0 Å². The number of nitrogens with one attached hydrogen (secondary N) is 1. The molecule has 0 spiro atoms. The zero-order valence-electron chi connectivity index (χ0n) is 7.49. The van der Waals surface area contributed by atoms with E-state index in [9.17, 15) is 23.7 Å². The van der Waals surface area contributed by atoms with Crippen LogP contribution in [0.4, 0.5) is 14.5 Å². The number of methoxy groups -OCH3 is 1. The van der Waals surface area contributed by atoms with Gasteiger partial charge in [0.15, 0.2) is 0 Å². The number of H-pyrrole nitrogens is 1. The molecule has 1 aromatic heterocycles. The molecule has 1 aromatic rings. The third kappa shape index (κ3) is 2.09. The van der Waals surface area contributed by atoms with Gasteiger partial charge in [-0.2, -0.15) is 0 Å². The molecule has 0 aliphatic heterocycles. The van der Waals surface area contributed by atoms with Crippen molar-refractivity contribution >= 4 is 5.69 Å². The summed E-state index contributed by atoms with van der Waals surface area (Å²) in [7, 11) is 1.04. The van der Waals surface area contributed by atoms with Crippen LogP contribution < -0.4 is 10.2 Å². The van der Waals surface area contributed by atoms with Gasteiger partial charge in [0.2, 0.25) is 0 Å². The summed E-state index contributed by atoms with van der Waals surface area (Å²) in [5.74, 6) is -0.581. The molecule has 0 radical (unpaired) electrons. The van der Waals surface area contributed by atoms with Crippen LogP contribution in [0.25, 0.3) is 0 Å². The first-order valence-electron chi connectivity index (χ1n) is 3.71. The quantitative estimate of drug-likeness (QED) is 0.613. The van der Waals surface area contributed by atoms with Gasteiger partial charge >= 0.3 is 5.69 Å². The highest BCUT2D eigenvalue weighted by Gasteiger charge is 2.23. The molecule has 0 unspecified atom stereocenters. The summed E-state index contributed by atoms with van der Waals surface area (Å²) >= 11 is 0. The Morgan fingerprint density at radius 3 is 2.60 bits per heavy atom. The van der Waals surface area contributed by atoms with Crippen molar-refractivity contribution in [2.45, 2.75) is 6.43 Å². The predicted octanol–water partition coefficient (Wildman–Crippen LogP) is 1.23. The molecule has 1 heterocycles. The molecule has 82 valence electrons. The number of halogens is 2. The lowest BCUT2D eigenvalue weighted by molar-refractivity contribution is -0.387. The molecule has 0 aromatic carbocycles. The van der Waals surface area contributed by atoms with Crippen LogP contribution in [0, 0.1) is 10.1 Å². The molecule has 6 nitrogen and oxygen atoms in total. The second-order valence-electron chi connectivity index (χ2n) is 2.53. The van der Waals surface area contributed by atoms with Crippen LogP contribution in [-0.2, 0) is 0 Å². The van der Waals surface area contributed by atoms with E-state index >= 15 is 0 Å². The fourth-order valence-electron chi connectivity index (χ4n) is 0.986. The van der Waals surface area contributed by atoms with Gasteiger partial charge in [-0.1, -0.05) is 0 Å². The molecule has 15 heavy (non-hydrogen) atoms. The van der Waals surface area contributed by atoms with Gasteiger partial charge in [0.1, 0.15) is 0 Å². The molecule has 0 aliphatic rings. The van der Waals surface area contributed by atoms with E-state index in [1.165, 1.54) is 0 Å². The first-order chi connectivity index (χ1) is 6.97. The van der Waals surface area contributed by atoms with Crippen molar-refractivity contribution in [2.24, 2.45) is 0 Å². The van der Waals surface area contributed by atoms with Gasteiger partial charge in [0.05, 0.1) is 17.7 Å². The van der Waals surface area contributed by atoms with Crippen LogP contribution >= 0.6 is 0 Å². The highest BCUT2D eigenvalue weighted by molar-refractivity contribution is 5.41. The number of nitro groups is 1. The van der Waals surface area contributed by atoms with Gasteiger partial charge in [-0.15, -0.1) is 0 Å². The molecule has 0 fully saturated rings. The van der Waals surface area contributed by atoms with Crippen molar-refractivity contribution < 1.29 is 18.4 Å². The molecular formula is C7H6F2N2O4. The first kappa shape index (κ1) is 11.1. The van der Waals surface area contributed by atoms with E-state index in [1.807, 2.05) is 4.98 Å². The Balaban J connectivity index is 3.44. The van der Waals surface area contributed by atoms with E-state index in [0.717, 1.165) is 7.11 Å². The summed E-state index contributed by atoms with van der Waals surface area (Å²) in [6, 6.07) is 0.478. The summed E-state index contributed by atoms with van der Waals surface area (Å²) in [4.78, 5) is 22.5. The van der Waals surface area contributed by atoms with E-state index < -0.39 is 34.0 Å². The molecule has 0 saturated carbocycles. The minimum absolute atomic E-state index is 0.478. The lowest BCUT2D eigenvalue weighted by atomic mass is 10.3. The number of aromatic amines is 1. The maximum Gasteiger partial charge on any atom is 0.375 e. The maximum atomic E-state index is 12.2.